The molecule has 0 unspecified atom stereocenters. The van der Waals surface area contributed by atoms with Crippen molar-refractivity contribution in [2.45, 2.75) is 20.4 Å². The van der Waals surface area contributed by atoms with E-state index in [2.05, 4.69) is 74.9 Å². The molecule has 0 atom stereocenters. The van der Waals surface area contributed by atoms with E-state index in [0.29, 0.717) is 12.5 Å². The Bertz CT molecular complexity index is 969. The third-order valence-electron chi connectivity index (χ3n) is 4.91. The van der Waals surface area contributed by atoms with Crippen molar-refractivity contribution in [2.24, 2.45) is 0 Å². The molecule has 0 radical (unpaired) electrons. The molecule has 0 spiro atoms. The summed E-state index contributed by atoms with van der Waals surface area (Å²) in [6, 6.07) is 18.7. The summed E-state index contributed by atoms with van der Waals surface area (Å²) in [5, 5.41) is 6.83. The Hall–Kier alpha value is -3.12. The Morgan fingerprint density at radius 2 is 1.79 bits per heavy atom. The molecule has 2 aromatic carbocycles. The highest BCUT2D eigenvalue weighted by atomic mass is 16.5. The molecule has 1 aliphatic heterocycles. The zero-order valence-corrected chi connectivity index (χ0v) is 17.0. The van der Waals surface area contributed by atoms with Gasteiger partial charge in [-0.05, 0) is 31.5 Å². The van der Waals surface area contributed by atoms with Crippen LogP contribution in [-0.2, 0) is 11.3 Å². The summed E-state index contributed by atoms with van der Waals surface area (Å²) in [7, 11) is 0. The predicted octanol–water partition coefficient (Wildman–Crippen LogP) is 4.29. The molecule has 1 aliphatic rings. The largest absolute Gasteiger partial charge is 0.378 e. The quantitative estimate of drug-likeness (QED) is 0.656. The van der Waals surface area contributed by atoms with E-state index in [1.165, 1.54) is 16.8 Å². The monoisotopic (exact) mass is 389 g/mol. The van der Waals surface area contributed by atoms with Crippen LogP contribution < -0.4 is 15.5 Å². The van der Waals surface area contributed by atoms with E-state index < -0.39 is 0 Å². The summed E-state index contributed by atoms with van der Waals surface area (Å²) < 4.78 is 5.49. The fraction of sp³-hybridized carbons (Fsp3) is 0.304. The van der Waals surface area contributed by atoms with Gasteiger partial charge in [-0.2, -0.15) is 4.98 Å². The first-order valence-electron chi connectivity index (χ1n) is 10.0. The van der Waals surface area contributed by atoms with Gasteiger partial charge in [-0.25, -0.2) is 4.98 Å². The van der Waals surface area contributed by atoms with Crippen molar-refractivity contribution in [1.29, 1.82) is 0 Å². The zero-order valence-electron chi connectivity index (χ0n) is 17.0. The van der Waals surface area contributed by atoms with E-state index in [0.717, 1.165) is 43.5 Å². The maximum atomic E-state index is 5.49. The number of benzene rings is 2. The Morgan fingerprint density at radius 1 is 0.966 bits per heavy atom. The highest BCUT2D eigenvalue weighted by molar-refractivity contribution is 5.74. The fourth-order valence-electron chi connectivity index (χ4n) is 3.51. The van der Waals surface area contributed by atoms with Crippen molar-refractivity contribution in [3.8, 4) is 0 Å². The first-order chi connectivity index (χ1) is 14.2. The Kier molecular flexibility index (Phi) is 5.91. The molecule has 0 bridgehead atoms. The average Bonchev–Trinajstić information content (AvgIpc) is 2.73. The van der Waals surface area contributed by atoms with Crippen molar-refractivity contribution in [3.63, 3.8) is 0 Å². The van der Waals surface area contributed by atoms with E-state index in [1.807, 2.05) is 19.1 Å². The van der Waals surface area contributed by atoms with Crippen LogP contribution in [0.1, 0.15) is 16.8 Å². The molecule has 1 aromatic heterocycles. The second-order valence-corrected chi connectivity index (χ2v) is 7.30. The van der Waals surface area contributed by atoms with Crippen LogP contribution in [0.25, 0.3) is 0 Å². The van der Waals surface area contributed by atoms with E-state index >= 15 is 0 Å². The van der Waals surface area contributed by atoms with Gasteiger partial charge < -0.3 is 20.3 Å². The highest BCUT2D eigenvalue weighted by Gasteiger charge is 2.15. The van der Waals surface area contributed by atoms with Crippen LogP contribution in [0.5, 0.6) is 0 Å². The van der Waals surface area contributed by atoms with Gasteiger partial charge in [-0.1, -0.05) is 42.0 Å². The maximum Gasteiger partial charge on any atom is 0.225 e. The Labute approximate surface area is 172 Å². The van der Waals surface area contributed by atoms with Gasteiger partial charge in [0.15, 0.2) is 0 Å². The van der Waals surface area contributed by atoms with E-state index in [-0.39, 0.29) is 0 Å². The van der Waals surface area contributed by atoms with Crippen molar-refractivity contribution in [2.75, 3.05) is 41.8 Å². The Balaban J connectivity index is 1.51. The molecule has 0 aliphatic carbocycles. The zero-order chi connectivity index (χ0) is 20.1. The number of hydrogen-bond donors (Lipinski definition) is 2. The number of para-hydroxylation sites is 2. The Morgan fingerprint density at radius 3 is 2.62 bits per heavy atom. The summed E-state index contributed by atoms with van der Waals surface area (Å²) in [5.74, 6) is 1.41. The lowest BCUT2D eigenvalue weighted by Gasteiger charge is -2.30. The lowest BCUT2D eigenvalue weighted by molar-refractivity contribution is 0.123. The van der Waals surface area contributed by atoms with Crippen molar-refractivity contribution < 1.29 is 4.74 Å². The summed E-state index contributed by atoms with van der Waals surface area (Å²) in [5.41, 5.74) is 5.58. The molecule has 0 amide bonds. The van der Waals surface area contributed by atoms with Gasteiger partial charge in [-0.3, -0.25) is 0 Å². The summed E-state index contributed by atoms with van der Waals surface area (Å²) in [4.78, 5) is 11.6. The molecule has 3 aromatic rings. The van der Waals surface area contributed by atoms with Gasteiger partial charge >= 0.3 is 0 Å². The normalized spacial score (nSPS) is 13.9. The smallest absolute Gasteiger partial charge is 0.225 e. The number of nitrogens with zero attached hydrogens (tertiary/aromatic N) is 3. The molecule has 1 fully saturated rings. The molecule has 6 nitrogen and oxygen atoms in total. The van der Waals surface area contributed by atoms with Gasteiger partial charge in [0.05, 0.1) is 24.6 Å². The van der Waals surface area contributed by atoms with E-state index in [1.54, 1.807) is 0 Å². The van der Waals surface area contributed by atoms with Gasteiger partial charge in [0.25, 0.3) is 0 Å². The van der Waals surface area contributed by atoms with Gasteiger partial charge in [0.2, 0.25) is 5.95 Å². The van der Waals surface area contributed by atoms with Crippen LogP contribution in [0, 0.1) is 13.8 Å². The molecule has 2 heterocycles. The fourth-order valence-corrected chi connectivity index (χ4v) is 3.51. The second-order valence-electron chi connectivity index (χ2n) is 7.30. The molecule has 0 saturated carbocycles. The van der Waals surface area contributed by atoms with Gasteiger partial charge in [-0.15, -0.1) is 0 Å². The first-order valence-corrected chi connectivity index (χ1v) is 10.0. The lowest BCUT2D eigenvalue weighted by Crippen LogP contribution is -2.36. The molecule has 6 heteroatoms. The van der Waals surface area contributed by atoms with Crippen LogP contribution in [0.3, 0.4) is 0 Å². The van der Waals surface area contributed by atoms with Crippen LogP contribution in [0.2, 0.25) is 0 Å². The number of aromatic nitrogens is 2. The minimum Gasteiger partial charge on any atom is -0.378 e. The molecular formula is C23H27N5O. The predicted molar refractivity (Wildman–Crippen MR) is 118 cm³/mol. The number of ether oxygens (including phenoxy) is 1. The van der Waals surface area contributed by atoms with Crippen molar-refractivity contribution in [3.05, 3.63) is 71.4 Å². The summed E-state index contributed by atoms with van der Waals surface area (Å²) in [6.07, 6.45) is 0. The molecule has 2 N–H and O–H groups in total. The SMILES string of the molecule is Cc1cccc(CNc2nc(C)cc(Nc3ccccc3N3CCOCC3)n2)c1. The minimum atomic E-state index is 0.623. The van der Waals surface area contributed by atoms with Crippen LogP contribution in [-0.4, -0.2) is 36.3 Å². The minimum absolute atomic E-state index is 0.623. The van der Waals surface area contributed by atoms with Crippen LogP contribution >= 0.6 is 0 Å². The standard InChI is InChI=1S/C23H27N5O/c1-17-6-5-7-19(14-17)16-24-23-25-18(2)15-22(27-23)26-20-8-3-4-9-21(20)28-10-12-29-13-11-28/h3-9,14-15H,10-13,16H2,1-2H3,(H2,24,25,26,27). The molecule has 1 saturated heterocycles. The number of morpholine rings is 1. The molecule has 29 heavy (non-hydrogen) atoms. The number of rotatable bonds is 6. The van der Waals surface area contributed by atoms with Crippen molar-refractivity contribution in [1.82, 2.24) is 9.97 Å². The van der Waals surface area contributed by atoms with Crippen LogP contribution in [0.15, 0.2) is 54.6 Å². The average molecular weight is 390 g/mol. The molecular weight excluding hydrogens is 362 g/mol. The van der Waals surface area contributed by atoms with Gasteiger partial charge in [0.1, 0.15) is 5.82 Å². The maximum absolute atomic E-state index is 5.49. The topological polar surface area (TPSA) is 62.3 Å². The first kappa shape index (κ1) is 19.2. The van der Waals surface area contributed by atoms with E-state index in [4.69, 9.17) is 4.74 Å². The third kappa shape index (κ3) is 5.03. The highest BCUT2D eigenvalue weighted by Crippen LogP contribution is 2.29. The number of anilines is 4. The number of hydrogen-bond acceptors (Lipinski definition) is 6. The molecule has 150 valence electrons. The van der Waals surface area contributed by atoms with Gasteiger partial charge in [0, 0.05) is 31.4 Å². The van der Waals surface area contributed by atoms with E-state index in [9.17, 15) is 0 Å². The van der Waals surface area contributed by atoms with Crippen LogP contribution in [0.4, 0.5) is 23.1 Å². The number of nitrogens with one attached hydrogen (secondary N) is 2. The second kappa shape index (κ2) is 8.92. The number of aryl methyl sites for hydroxylation is 2. The van der Waals surface area contributed by atoms with Crippen molar-refractivity contribution >= 4 is 23.1 Å². The lowest BCUT2D eigenvalue weighted by atomic mass is 10.1. The summed E-state index contributed by atoms with van der Waals surface area (Å²) in [6.45, 7) is 8.08. The third-order valence-corrected chi connectivity index (χ3v) is 4.91. The summed E-state index contributed by atoms with van der Waals surface area (Å²) >= 11 is 0. The molecule has 4 rings (SSSR count).